The summed E-state index contributed by atoms with van der Waals surface area (Å²) in [6, 6.07) is 36.2. The Morgan fingerprint density at radius 1 is 0.309 bits per heavy atom. The van der Waals surface area contributed by atoms with Gasteiger partial charge in [0.25, 0.3) is 0 Å². The number of rotatable bonds is 31. The molecule has 0 atom stereocenters. The summed E-state index contributed by atoms with van der Waals surface area (Å²) < 4.78 is 22.1. The van der Waals surface area contributed by atoms with Gasteiger partial charge < -0.3 is 0 Å². The van der Waals surface area contributed by atoms with Crippen molar-refractivity contribution in [3.8, 4) is 17.2 Å². The molecule has 4 heteroatoms. The molecule has 0 saturated heterocycles. The second kappa shape index (κ2) is 27.3. The van der Waals surface area contributed by atoms with Crippen LogP contribution in [-0.4, -0.2) is 0 Å². The van der Waals surface area contributed by atoms with Crippen LogP contribution in [0.1, 0.15) is 172 Å². The predicted molar refractivity (Wildman–Crippen MR) is 239 cm³/mol. The molecule has 0 saturated carbocycles. The molecule has 0 aliphatic heterocycles. The number of hydrogen-bond acceptors (Lipinski definition) is 3. The maximum atomic E-state index is 7.38. The first-order valence-electron chi connectivity index (χ1n) is 22.5. The molecule has 4 aromatic carbocycles. The van der Waals surface area contributed by atoms with Crippen molar-refractivity contribution in [1.29, 1.82) is 0 Å². The van der Waals surface area contributed by atoms with Gasteiger partial charge in [0.05, 0.1) is 0 Å². The molecule has 4 rings (SSSR count). The average Bonchev–Trinajstić information content (AvgIpc) is 3.22. The first-order valence-corrected chi connectivity index (χ1v) is 24.0. The zero-order valence-corrected chi connectivity index (χ0v) is 35.9. The third-order valence-corrected chi connectivity index (χ3v) is 13.0. The number of aryl methyl sites for hydroxylation is 3. The quantitative estimate of drug-likeness (QED) is 0.0377. The fraction of sp³-hybridized carbons (Fsp3) is 0.529. The summed E-state index contributed by atoms with van der Waals surface area (Å²) in [5, 5.41) is 0.942. The minimum atomic E-state index is -3.27. The maximum Gasteiger partial charge on any atom is 0.580 e. The molecule has 55 heavy (non-hydrogen) atoms. The molecule has 4 aromatic rings. The van der Waals surface area contributed by atoms with E-state index in [9.17, 15) is 0 Å². The summed E-state index contributed by atoms with van der Waals surface area (Å²) in [5.74, 6) is 2.58. The second-order valence-electron chi connectivity index (χ2n) is 15.5. The number of unbranched alkanes of at least 4 members (excludes halogenated alkanes) is 18. The molecule has 0 aliphatic carbocycles. The summed E-state index contributed by atoms with van der Waals surface area (Å²) >= 11 is 0. The van der Waals surface area contributed by atoms with Crippen molar-refractivity contribution in [3.63, 3.8) is 0 Å². The summed E-state index contributed by atoms with van der Waals surface area (Å²) in [6.07, 6.45) is 29.8. The molecule has 0 heterocycles. The third-order valence-electron chi connectivity index (χ3n) is 10.8. The lowest BCUT2D eigenvalue weighted by atomic mass is 10.0. The van der Waals surface area contributed by atoms with Gasteiger partial charge in [0.2, 0.25) is 5.30 Å². The first-order chi connectivity index (χ1) is 27.2. The van der Waals surface area contributed by atoms with E-state index in [1.54, 1.807) is 0 Å². The van der Waals surface area contributed by atoms with Crippen LogP contribution in [0.2, 0.25) is 0 Å². The summed E-state index contributed by atoms with van der Waals surface area (Å²) in [7, 11) is -3.27. The van der Waals surface area contributed by atoms with Gasteiger partial charge in [-0.3, -0.25) is 13.6 Å². The van der Waals surface area contributed by atoms with Crippen LogP contribution < -0.4 is 18.9 Å². The fourth-order valence-corrected chi connectivity index (χ4v) is 9.71. The van der Waals surface area contributed by atoms with Crippen molar-refractivity contribution in [2.24, 2.45) is 0 Å². The number of hydrogen-bond donors (Lipinski definition) is 0. The Hall–Kier alpha value is -3.29. The Morgan fingerprint density at radius 3 is 0.909 bits per heavy atom. The van der Waals surface area contributed by atoms with Gasteiger partial charge in [-0.15, -0.1) is 0 Å². The highest BCUT2D eigenvalue weighted by Crippen LogP contribution is 2.61. The molecule has 300 valence electrons. The largest absolute Gasteiger partial charge is 0.580 e. The molecule has 0 amide bonds. The summed E-state index contributed by atoms with van der Waals surface area (Å²) in [4.78, 5) is 0. The van der Waals surface area contributed by atoms with Crippen LogP contribution in [0.25, 0.3) is 0 Å². The summed E-state index contributed by atoms with van der Waals surface area (Å²) in [6.45, 7) is 6.85. The van der Waals surface area contributed by atoms with E-state index in [2.05, 4.69) is 124 Å². The lowest BCUT2D eigenvalue weighted by Gasteiger charge is -2.25. The van der Waals surface area contributed by atoms with Crippen molar-refractivity contribution < 1.29 is 13.6 Å². The summed E-state index contributed by atoms with van der Waals surface area (Å²) in [5.41, 5.74) is 3.66. The van der Waals surface area contributed by atoms with E-state index in [-0.39, 0.29) is 0 Å². The van der Waals surface area contributed by atoms with Gasteiger partial charge in [-0.2, -0.15) is 0 Å². The molecule has 0 fully saturated rings. The van der Waals surface area contributed by atoms with Crippen molar-refractivity contribution in [2.45, 2.75) is 175 Å². The van der Waals surface area contributed by atoms with Gasteiger partial charge in [-0.25, -0.2) is 0 Å². The maximum absolute atomic E-state index is 7.38. The molecule has 0 unspecified atom stereocenters. The van der Waals surface area contributed by atoms with Crippen molar-refractivity contribution in [2.75, 3.05) is 0 Å². The Bertz CT molecular complexity index is 1400. The molecule has 0 radical (unpaired) electrons. The van der Waals surface area contributed by atoms with Gasteiger partial charge >= 0.3 is 7.94 Å². The molecule has 0 aromatic heterocycles. The van der Waals surface area contributed by atoms with E-state index in [4.69, 9.17) is 13.6 Å². The van der Waals surface area contributed by atoms with Gasteiger partial charge in [0.1, 0.15) is 0 Å². The highest BCUT2D eigenvalue weighted by Gasteiger charge is 2.54. The Balaban J connectivity index is 1.65. The molecule has 3 nitrogen and oxygen atoms in total. The van der Waals surface area contributed by atoms with Crippen LogP contribution >= 0.6 is 7.94 Å². The molecule has 0 spiro atoms. The Labute approximate surface area is 337 Å². The van der Waals surface area contributed by atoms with Crippen LogP contribution in [0.3, 0.4) is 0 Å². The SMILES string of the molecule is CCCCCCCCCc1ccccc1O[P+](Oc1ccccc1CCCCCCCCC)(Oc1ccccc1CCCCCCCCC)c1ccccc1. The van der Waals surface area contributed by atoms with E-state index in [0.717, 1.165) is 61.1 Å². The van der Waals surface area contributed by atoms with Crippen LogP contribution in [-0.2, 0) is 19.3 Å². The van der Waals surface area contributed by atoms with Crippen molar-refractivity contribution in [3.05, 3.63) is 120 Å². The Kier molecular flexibility index (Phi) is 22.1. The highest BCUT2D eigenvalue weighted by molar-refractivity contribution is 7.70. The molecular formula is C51H74O3P+. The highest BCUT2D eigenvalue weighted by atomic mass is 31.2. The minimum absolute atomic E-state index is 0.861. The lowest BCUT2D eigenvalue weighted by molar-refractivity contribution is 0.363. The van der Waals surface area contributed by atoms with E-state index in [1.165, 1.54) is 132 Å². The smallest absolute Gasteiger partial charge is 0.267 e. The van der Waals surface area contributed by atoms with Crippen LogP contribution in [0.4, 0.5) is 0 Å². The fourth-order valence-electron chi connectivity index (χ4n) is 7.43. The Morgan fingerprint density at radius 2 is 0.582 bits per heavy atom. The zero-order valence-electron chi connectivity index (χ0n) is 35.0. The predicted octanol–water partition coefficient (Wildman–Crippen LogP) is 16.2. The van der Waals surface area contributed by atoms with E-state index in [1.807, 2.05) is 0 Å². The molecule has 0 aliphatic rings. The van der Waals surface area contributed by atoms with Gasteiger partial charge in [0.15, 0.2) is 17.2 Å². The van der Waals surface area contributed by atoms with Gasteiger partial charge in [-0.1, -0.05) is 209 Å². The third kappa shape index (κ3) is 16.4. The van der Waals surface area contributed by atoms with Crippen molar-refractivity contribution in [1.82, 2.24) is 0 Å². The van der Waals surface area contributed by atoms with Gasteiger partial charge in [0, 0.05) is 0 Å². The van der Waals surface area contributed by atoms with Crippen LogP contribution in [0.15, 0.2) is 103 Å². The van der Waals surface area contributed by atoms with Crippen LogP contribution in [0, 0.1) is 0 Å². The van der Waals surface area contributed by atoms with E-state index >= 15 is 0 Å². The standard InChI is InChI=1S/C51H74O3P/c1-4-7-10-13-16-19-23-34-45-37-28-31-42-49(45)52-55(48-40-26-22-27-41-48,53-50-43-32-29-38-46(50)35-24-20-17-14-11-8-5-2)54-51-44-33-30-39-47(51)36-25-21-18-15-12-9-6-3/h22,26-33,37-44H,4-21,23-25,34-36H2,1-3H3/q+1. The monoisotopic (exact) mass is 766 g/mol. The molecule has 0 N–H and O–H groups in total. The van der Waals surface area contributed by atoms with Gasteiger partial charge in [-0.05, 0) is 85.5 Å². The van der Waals surface area contributed by atoms with E-state index < -0.39 is 7.94 Å². The van der Waals surface area contributed by atoms with E-state index in [0.29, 0.717) is 0 Å². The zero-order chi connectivity index (χ0) is 38.7. The molecule has 0 bridgehead atoms. The first kappa shape index (κ1) is 44.4. The van der Waals surface area contributed by atoms with Crippen molar-refractivity contribution >= 4 is 13.2 Å². The number of benzene rings is 4. The number of para-hydroxylation sites is 3. The minimum Gasteiger partial charge on any atom is -0.267 e. The normalized spacial score (nSPS) is 11.5. The molecular weight excluding hydrogens is 692 g/mol. The topological polar surface area (TPSA) is 27.7 Å². The lowest BCUT2D eigenvalue weighted by Crippen LogP contribution is -2.27. The van der Waals surface area contributed by atoms with Crippen LogP contribution in [0.5, 0.6) is 17.2 Å². The average molecular weight is 766 g/mol. The second-order valence-corrected chi connectivity index (χ2v) is 17.6.